The minimum absolute atomic E-state index is 0.311. The van der Waals surface area contributed by atoms with Gasteiger partial charge in [0.05, 0.1) is 12.7 Å². The maximum absolute atomic E-state index is 12.4. The Morgan fingerprint density at radius 2 is 1.74 bits per heavy atom. The van der Waals surface area contributed by atoms with Crippen molar-refractivity contribution in [3.8, 4) is 5.75 Å². The van der Waals surface area contributed by atoms with E-state index in [2.05, 4.69) is 18.2 Å². The molecule has 1 heterocycles. The SMILES string of the molecule is COc1ccc2c(c1)C(=O)OC2(C)c1cccc2ccccc12. The van der Waals surface area contributed by atoms with Gasteiger partial charge in [-0.25, -0.2) is 4.79 Å². The van der Waals surface area contributed by atoms with Crippen molar-refractivity contribution in [3.05, 3.63) is 77.4 Å². The van der Waals surface area contributed by atoms with Crippen molar-refractivity contribution < 1.29 is 14.3 Å². The Balaban J connectivity index is 1.98. The van der Waals surface area contributed by atoms with Crippen LogP contribution in [0.4, 0.5) is 0 Å². The quantitative estimate of drug-likeness (QED) is 0.663. The molecule has 0 amide bonds. The number of carbonyl (C=O) groups excluding carboxylic acids is 1. The summed E-state index contributed by atoms with van der Waals surface area (Å²) in [5.74, 6) is 0.345. The zero-order valence-electron chi connectivity index (χ0n) is 13.0. The summed E-state index contributed by atoms with van der Waals surface area (Å²) in [7, 11) is 1.59. The van der Waals surface area contributed by atoms with Gasteiger partial charge in [0, 0.05) is 11.1 Å². The molecule has 0 radical (unpaired) electrons. The van der Waals surface area contributed by atoms with Crippen molar-refractivity contribution in [1.29, 1.82) is 0 Å². The van der Waals surface area contributed by atoms with E-state index in [0.29, 0.717) is 11.3 Å². The van der Waals surface area contributed by atoms with E-state index in [1.165, 1.54) is 0 Å². The van der Waals surface area contributed by atoms with E-state index in [4.69, 9.17) is 9.47 Å². The lowest BCUT2D eigenvalue weighted by atomic mass is 9.84. The summed E-state index contributed by atoms with van der Waals surface area (Å²) in [6, 6.07) is 19.7. The highest BCUT2D eigenvalue weighted by molar-refractivity contribution is 5.97. The highest BCUT2D eigenvalue weighted by atomic mass is 16.6. The fraction of sp³-hybridized carbons (Fsp3) is 0.150. The molecule has 3 aromatic carbocycles. The summed E-state index contributed by atoms with van der Waals surface area (Å²) < 4.78 is 11.0. The van der Waals surface area contributed by atoms with E-state index in [1.807, 2.05) is 43.3 Å². The Kier molecular flexibility index (Phi) is 2.91. The van der Waals surface area contributed by atoms with Gasteiger partial charge in [0.2, 0.25) is 0 Å². The normalized spacial score (nSPS) is 19.5. The van der Waals surface area contributed by atoms with Gasteiger partial charge >= 0.3 is 5.97 Å². The molecule has 1 aliphatic heterocycles. The first-order valence-corrected chi connectivity index (χ1v) is 7.53. The van der Waals surface area contributed by atoms with Gasteiger partial charge in [0.25, 0.3) is 0 Å². The van der Waals surface area contributed by atoms with Crippen molar-refractivity contribution in [1.82, 2.24) is 0 Å². The van der Waals surface area contributed by atoms with Crippen molar-refractivity contribution in [3.63, 3.8) is 0 Å². The predicted molar refractivity (Wildman–Crippen MR) is 88.8 cm³/mol. The molecule has 0 fully saturated rings. The highest BCUT2D eigenvalue weighted by Gasteiger charge is 2.44. The second-order valence-corrected chi connectivity index (χ2v) is 5.86. The van der Waals surface area contributed by atoms with Gasteiger partial charge in [-0.15, -0.1) is 0 Å². The largest absolute Gasteiger partial charge is 0.497 e. The minimum atomic E-state index is -0.792. The molecule has 3 heteroatoms. The monoisotopic (exact) mass is 304 g/mol. The summed E-state index contributed by atoms with van der Waals surface area (Å²) >= 11 is 0. The molecule has 0 aliphatic carbocycles. The maximum atomic E-state index is 12.4. The average molecular weight is 304 g/mol. The number of carbonyl (C=O) groups is 1. The number of fused-ring (bicyclic) bond motifs is 2. The topological polar surface area (TPSA) is 35.5 Å². The first-order valence-electron chi connectivity index (χ1n) is 7.53. The van der Waals surface area contributed by atoms with Crippen LogP contribution in [0.25, 0.3) is 10.8 Å². The van der Waals surface area contributed by atoms with E-state index in [0.717, 1.165) is 21.9 Å². The van der Waals surface area contributed by atoms with Crippen LogP contribution in [0, 0.1) is 0 Å². The van der Waals surface area contributed by atoms with Gasteiger partial charge in [0.15, 0.2) is 5.60 Å². The number of esters is 1. The molecule has 4 rings (SSSR count). The van der Waals surface area contributed by atoms with E-state index < -0.39 is 5.60 Å². The van der Waals surface area contributed by atoms with Crippen LogP contribution in [0.15, 0.2) is 60.7 Å². The van der Waals surface area contributed by atoms with Crippen molar-refractivity contribution in [2.24, 2.45) is 0 Å². The van der Waals surface area contributed by atoms with E-state index >= 15 is 0 Å². The lowest BCUT2D eigenvalue weighted by molar-refractivity contribution is 0.0185. The van der Waals surface area contributed by atoms with Crippen LogP contribution in [-0.2, 0) is 10.3 Å². The molecular weight excluding hydrogens is 288 g/mol. The number of hydrogen-bond donors (Lipinski definition) is 0. The van der Waals surface area contributed by atoms with Crippen LogP contribution >= 0.6 is 0 Å². The molecule has 23 heavy (non-hydrogen) atoms. The smallest absolute Gasteiger partial charge is 0.339 e. The lowest BCUT2D eigenvalue weighted by Crippen LogP contribution is -2.23. The Morgan fingerprint density at radius 3 is 2.57 bits per heavy atom. The Morgan fingerprint density at radius 1 is 0.957 bits per heavy atom. The summed E-state index contributed by atoms with van der Waals surface area (Å²) in [5, 5.41) is 2.22. The number of ether oxygens (including phenoxy) is 2. The number of methoxy groups -OCH3 is 1. The fourth-order valence-corrected chi connectivity index (χ4v) is 3.37. The highest BCUT2D eigenvalue weighted by Crippen LogP contribution is 2.44. The van der Waals surface area contributed by atoms with E-state index in [-0.39, 0.29) is 5.97 Å². The Bertz CT molecular complexity index is 924. The first kappa shape index (κ1) is 13.8. The van der Waals surface area contributed by atoms with Gasteiger partial charge in [-0.2, -0.15) is 0 Å². The lowest BCUT2D eigenvalue weighted by Gasteiger charge is -2.26. The number of hydrogen-bond acceptors (Lipinski definition) is 3. The van der Waals surface area contributed by atoms with Crippen molar-refractivity contribution in [2.75, 3.05) is 7.11 Å². The summed E-state index contributed by atoms with van der Waals surface area (Å²) in [5.41, 5.74) is 1.65. The second-order valence-electron chi connectivity index (χ2n) is 5.86. The molecule has 0 aromatic heterocycles. The predicted octanol–water partition coefficient (Wildman–Crippen LogP) is 4.28. The van der Waals surface area contributed by atoms with Crippen LogP contribution < -0.4 is 4.74 Å². The van der Waals surface area contributed by atoms with Crippen molar-refractivity contribution in [2.45, 2.75) is 12.5 Å². The molecule has 0 N–H and O–H groups in total. The van der Waals surface area contributed by atoms with Crippen molar-refractivity contribution >= 4 is 16.7 Å². The second kappa shape index (κ2) is 4.85. The zero-order valence-corrected chi connectivity index (χ0v) is 13.0. The third-order valence-corrected chi connectivity index (χ3v) is 4.56. The average Bonchev–Trinajstić information content (AvgIpc) is 2.85. The van der Waals surface area contributed by atoms with Crippen LogP contribution in [0.1, 0.15) is 28.4 Å². The number of cyclic esters (lactones) is 1. The molecule has 0 saturated heterocycles. The summed E-state index contributed by atoms with van der Waals surface area (Å²) in [4.78, 5) is 12.4. The zero-order chi connectivity index (χ0) is 16.0. The number of rotatable bonds is 2. The summed E-state index contributed by atoms with van der Waals surface area (Å²) in [6.07, 6.45) is 0. The number of benzene rings is 3. The van der Waals surface area contributed by atoms with Gasteiger partial charge < -0.3 is 9.47 Å². The van der Waals surface area contributed by atoms with E-state index in [9.17, 15) is 4.79 Å². The van der Waals surface area contributed by atoms with Gasteiger partial charge in [0.1, 0.15) is 5.75 Å². The van der Waals surface area contributed by atoms with Crippen LogP contribution in [0.2, 0.25) is 0 Å². The molecule has 0 saturated carbocycles. The Hall–Kier alpha value is -2.81. The van der Waals surface area contributed by atoms with Crippen LogP contribution in [0.3, 0.4) is 0 Å². The third-order valence-electron chi connectivity index (χ3n) is 4.56. The summed E-state index contributed by atoms with van der Waals surface area (Å²) in [6.45, 7) is 1.95. The third kappa shape index (κ3) is 1.93. The van der Waals surface area contributed by atoms with Gasteiger partial charge in [-0.05, 0) is 29.8 Å². The molecule has 1 unspecified atom stereocenters. The Labute approximate surface area is 134 Å². The molecule has 1 aliphatic rings. The minimum Gasteiger partial charge on any atom is -0.497 e. The standard InChI is InChI=1S/C20H16O3/c1-20(17-9-5-7-13-6-3-4-8-15(13)17)18-11-10-14(22-2)12-16(18)19(21)23-20/h3-12H,1-2H3. The molecule has 1 atom stereocenters. The molecule has 3 aromatic rings. The maximum Gasteiger partial charge on any atom is 0.339 e. The fourth-order valence-electron chi connectivity index (χ4n) is 3.37. The molecule has 114 valence electrons. The van der Waals surface area contributed by atoms with Crippen LogP contribution in [-0.4, -0.2) is 13.1 Å². The molecular formula is C20H16O3. The first-order chi connectivity index (χ1) is 11.1. The van der Waals surface area contributed by atoms with Gasteiger partial charge in [-0.3, -0.25) is 0 Å². The molecule has 0 spiro atoms. The molecule has 0 bridgehead atoms. The van der Waals surface area contributed by atoms with Gasteiger partial charge in [-0.1, -0.05) is 48.5 Å². The van der Waals surface area contributed by atoms with Crippen LogP contribution in [0.5, 0.6) is 5.75 Å². The van der Waals surface area contributed by atoms with E-state index in [1.54, 1.807) is 13.2 Å². The molecule has 3 nitrogen and oxygen atoms in total.